The number of nitrogens with one attached hydrogen (secondary N) is 1. The van der Waals surface area contributed by atoms with Crippen LogP contribution in [-0.2, 0) is 10.0 Å². The van der Waals surface area contributed by atoms with Crippen molar-refractivity contribution in [1.82, 2.24) is 9.73 Å². The summed E-state index contributed by atoms with van der Waals surface area (Å²) in [6.45, 7) is 6.47. The molecule has 1 N–H and O–H groups in total. The zero-order valence-electron chi connectivity index (χ0n) is 15.2. The molecule has 0 spiro atoms. The average molecular weight is 365 g/mol. The van der Waals surface area contributed by atoms with Crippen molar-refractivity contribution in [2.24, 2.45) is 11.0 Å². The minimum Gasteiger partial charge on any atom is -0.267 e. The summed E-state index contributed by atoms with van der Waals surface area (Å²) in [5.41, 5.74) is 3.87. The van der Waals surface area contributed by atoms with Crippen LogP contribution in [0.2, 0.25) is 0 Å². The van der Waals surface area contributed by atoms with E-state index in [1.807, 2.05) is 0 Å². The maximum Gasteiger partial charge on any atom is 0.271 e. The molecule has 0 heterocycles. The summed E-state index contributed by atoms with van der Waals surface area (Å²) < 4.78 is 26.5. The maximum atomic E-state index is 12.6. The van der Waals surface area contributed by atoms with E-state index in [2.05, 4.69) is 17.5 Å². The molecule has 138 valence electrons. The number of sulfonamides is 1. The van der Waals surface area contributed by atoms with E-state index in [-0.39, 0.29) is 10.8 Å². The van der Waals surface area contributed by atoms with Gasteiger partial charge in [-0.2, -0.15) is 9.41 Å². The first-order chi connectivity index (χ1) is 11.9. The molecule has 1 atom stereocenters. The second-order valence-corrected chi connectivity index (χ2v) is 8.25. The average Bonchev–Trinajstić information content (AvgIpc) is 2.61. The Balaban J connectivity index is 2.18. The minimum atomic E-state index is -3.58. The van der Waals surface area contributed by atoms with Gasteiger partial charge in [0.1, 0.15) is 0 Å². The van der Waals surface area contributed by atoms with Crippen LogP contribution in [0.15, 0.2) is 34.3 Å². The Morgan fingerprint density at radius 3 is 2.64 bits per heavy atom. The molecule has 0 saturated heterocycles. The number of hydrogen-bond donors (Lipinski definition) is 1. The first kappa shape index (κ1) is 19.6. The minimum absolute atomic E-state index is 0.127. The molecule has 1 unspecified atom stereocenters. The monoisotopic (exact) mass is 365 g/mol. The van der Waals surface area contributed by atoms with Crippen molar-refractivity contribution < 1.29 is 13.2 Å². The highest BCUT2D eigenvalue weighted by atomic mass is 32.2. The lowest BCUT2D eigenvalue weighted by molar-refractivity contribution is 0.0954. The van der Waals surface area contributed by atoms with Gasteiger partial charge in [0.05, 0.1) is 4.90 Å². The van der Waals surface area contributed by atoms with Crippen molar-refractivity contribution in [2.75, 3.05) is 13.1 Å². The van der Waals surface area contributed by atoms with Crippen LogP contribution in [-0.4, -0.2) is 37.4 Å². The normalized spacial score (nSPS) is 20.0. The van der Waals surface area contributed by atoms with Gasteiger partial charge in [0.25, 0.3) is 5.91 Å². The van der Waals surface area contributed by atoms with E-state index in [4.69, 9.17) is 0 Å². The third kappa shape index (κ3) is 4.67. The quantitative estimate of drug-likeness (QED) is 0.787. The van der Waals surface area contributed by atoms with Gasteiger partial charge in [0.15, 0.2) is 0 Å². The third-order valence-corrected chi connectivity index (χ3v) is 6.68. The highest BCUT2D eigenvalue weighted by Crippen LogP contribution is 2.21. The number of hydrazone groups is 1. The Bertz CT molecular complexity index is 740. The van der Waals surface area contributed by atoms with Gasteiger partial charge in [-0.25, -0.2) is 13.8 Å². The topological polar surface area (TPSA) is 78.8 Å². The van der Waals surface area contributed by atoms with Crippen molar-refractivity contribution >= 4 is 21.6 Å². The first-order valence-corrected chi connectivity index (χ1v) is 10.3. The van der Waals surface area contributed by atoms with Gasteiger partial charge in [-0.1, -0.05) is 33.3 Å². The Morgan fingerprint density at radius 1 is 1.28 bits per heavy atom. The molecule has 1 saturated carbocycles. The van der Waals surface area contributed by atoms with E-state index in [0.717, 1.165) is 25.0 Å². The summed E-state index contributed by atoms with van der Waals surface area (Å²) in [6, 6.07) is 6.11. The maximum absolute atomic E-state index is 12.6. The number of carbonyl (C=O) groups is 1. The molecule has 2 rings (SSSR count). The fourth-order valence-corrected chi connectivity index (χ4v) is 4.54. The predicted molar refractivity (Wildman–Crippen MR) is 99.1 cm³/mol. The Labute approximate surface area is 150 Å². The van der Waals surface area contributed by atoms with Crippen LogP contribution in [0, 0.1) is 5.92 Å². The van der Waals surface area contributed by atoms with Gasteiger partial charge in [-0.3, -0.25) is 4.79 Å². The number of hydrogen-bond acceptors (Lipinski definition) is 4. The molecule has 0 aliphatic heterocycles. The molecule has 25 heavy (non-hydrogen) atoms. The Kier molecular flexibility index (Phi) is 6.72. The largest absolute Gasteiger partial charge is 0.271 e. The van der Waals surface area contributed by atoms with Crippen LogP contribution in [0.4, 0.5) is 0 Å². The first-order valence-electron chi connectivity index (χ1n) is 8.87. The smallest absolute Gasteiger partial charge is 0.267 e. The molecule has 6 nitrogen and oxygen atoms in total. The second-order valence-electron chi connectivity index (χ2n) is 6.31. The SMILES string of the molecule is CCN(CC)S(=O)(=O)c1cccc(C(=O)N/N=C2\CCCCC2C)c1. The molecule has 1 aromatic carbocycles. The lowest BCUT2D eigenvalue weighted by Crippen LogP contribution is -2.31. The lowest BCUT2D eigenvalue weighted by atomic mass is 9.89. The van der Waals surface area contributed by atoms with E-state index in [1.165, 1.54) is 22.9 Å². The van der Waals surface area contributed by atoms with E-state index >= 15 is 0 Å². The zero-order valence-corrected chi connectivity index (χ0v) is 16.0. The standard InChI is InChI=1S/C18H27N3O3S/c1-4-21(5-2)25(23,24)16-11-8-10-15(13-16)18(22)20-19-17-12-7-6-9-14(17)3/h8,10-11,13-14H,4-7,9,12H2,1-3H3,(H,20,22)/b19-17+. The van der Waals surface area contributed by atoms with Crippen molar-refractivity contribution in [3.05, 3.63) is 29.8 Å². The highest BCUT2D eigenvalue weighted by molar-refractivity contribution is 7.89. The molecule has 7 heteroatoms. The Morgan fingerprint density at radius 2 is 2.00 bits per heavy atom. The summed E-state index contributed by atoms with van der Waals surface area (Å²) in [7, 11) is -3.58. The van der Waals surface area contributed by atoms with Crippen molar-refractivity contribution in [3.63, 3.8) is 0 Å². The molecular weight excluding hydrogens is 338 g/mol. The number of rotatable bonds is 6. The number of benzene rings is 1. The summed E-state index contributed by atoms with van der Waals surface area (Å²) >= 11 is 0. The van der Waals surface area contributed by atoms with E-state index in [1.54, 1.807) is 26.0 Å². The second kappa shape index (κ2) is 8.58. The van der Waals surface area contributed by atoms with E-state index < -0.39 is 10.0 Å². The molecule has 1 aliphatic carbocycles. The molecule has 1 amide bonds. The fourth-order valence-electron chi connectivity index (χ4n) is 3.03. The number of amides is 1. The van der Waals surface area contributed by atoms with E-state index in [9.17, 15) is 13.2 Å². The van der Waals surface area contributed by atoms with Crippen LogP contribution in [0.3, 0.4) is 0 Å². The summed E-state index contributed by atoms with van der Waals surface area (Å²) in [4.78, 5) is 12.5. The molecular formula is C18H27N3O3S. The van der Waals surface area contributed by atoms with Crippen LogP contribution in [0.25, 0.3) is 0 Å². The van der Waals surface area contributed by atoms with Crippen molar-refractivity contribution in [2.45, 2.75) is 51.3 Å². The van der Waals surface area contributed by atoms with E-state index in [0.29, 0.717) is 24.6 Å². The van der Waals surface area contributed by atoms with Gasteiger partial charge in [-0.05, 0) is 43.4 Å². The predicted octanol–water partition coefficient (Wildman–Crippen LogP) is 3.01. The van der Waals surface area contributed by atoms with Gasteiger partial charge >= 0.3 is 0 Å². The van der Waals surface area contributed by atoms with Crippen LogP contribution in [0.1, 0.15) is 56.8 Å². The number of nitrogens with zero attached hydrogens (tertiary/aromatic N) is 2. The fraction of sp³-hybridized carbons (Fsp3) is 0.556. The highest BCUT2D eigenvalue weighted by Gasteiger charge is 2.22. The summed E-state index contributed by atoms with van der Waals surface area (Å²) in [6.07, 6.45) is 4.28. The zero-order chi connectivity index (χ0) is 18.4. The molecule has 1 aliphatic rings. The van der Waals surface area contributed by atoms with Crippen LogP contribution < -0.4 is 5.43 Å². The van der Waals surface area contributed by atoms with Gasteiger partial charge < -0.3 is 0 Å². The molecule has 0 bridgehead atoms. The number of carbonyl (C=O) groups excluding carboxylic acids is 1. The van der Waals surface area contributed by atoms with Crippen molar-refractivity contribution in [1.29, 1.82) is 0 Å². The van der Waals surface area contributed by atoms with Crippen LogP contribution >= 0.6 is 0 Å². The van der Waals surface area contributed by atoms with Crippen molar-refractivity contribution in [3.8, 4) is 0 Å². The van der Waals surface area contributed by atoms with Gasteiger partial charge in [0.2, 0.25) is 10.0 Å². The molecule has 0 radical (unpaired) electrons. The molecule has 0 aromatic heterocycles. The molecule has 1 aromatic rings. The molecule has 1 fully saturated rings. The van der Waals surface area contributed by atoms with Gasteiger partial charge in [-0.15, -0.1) is 0 Å². The Hall–Kier alpha value is -1.73. The summed E-state index contributed by atoms with van der Waals surface area (Å²) in [5.74, 6) is -0.00898. The van der Waals surface area contributed by atoms with Crippen LogP contribution in [0.5, 0.6) is 0 Å². The summed E-state index contributed by atoms with van der Waals surface area (Å²) in [5, 5.41) is 4.26. The van der Waals surface area contributed by atoms with Gasteiger partial charge in [0, 0.05) is 24.4 Å². The lowest BCUT2D eigenvalue weighted by Gasteiger charge is -2.20. The third-order valence-electron chi connectivity index (χ3n) is 4.63.